The van der Waals surface area contributed by atoms with Crippen molar-refractivity contribution in [2.24, 2.45) is 0 Å². The van der Waals surface area contributed by atoms with Gasteiger partial charge in [-0.3, -0.25) is 0 Å². The first-order valence-corrected chi connectivity index (χ1v) is 14.2. The molecule has 28 valence electrons. The Morgan fingerprint density at radius 2 is 1.25 bits per heavy atom. The third kappa shape index (κ3) is 8.83. The second kappa shape index (κ2) is 9.05. The van der Waals surface area contributed by atoms with Crippen LogP contribution >= 0.6 is 0 Å². The quantitative estimate of drug-likeness (QED) is 0.357. The Hall–Kier alpha value is 2.42. The normalized spacial score (nSPS) is 3.00. The van der Waals surface area contributed by atoms with Crippen molar-refractivity contribution in [2.45, 2.75) is 0 Å². The van der Waals surface area contributed by atoms with Crippen molar-refractivity contribution >= 4 is 25.6 Å². The van der Waals surface area contributed by atoms with Crippen molar-refractivity contribution in [1.82, 2.24) is 0 Å². The third-order valence-electron chi connectivity index (χ3n) is 0. The Bertz CT molecular complexity index is 27.0. The van der Waals surface area contributed by atoms with Gasteiger partial charge in [0.25, 0.3) is 0 Å². The van der Waals surface area contributed by atoms with Gasteiger partial charge in [0.15, 0.2) is 0 Å². The summed E-state index contributed by atoms with van der Waals surface area (Å²) in [7, 11) is 0. The van der Waals surface area contributed by atoms with Gasteiger partial charge in [-0.1, -0.05) is 0 Å². The Morgan fingerprint density at radius 1 is 1.25 bits per heavy atom. The van der Waals surface area contributed by atoms with Crippen molar-refractivity contribution in [2.75, 3.05) is 0 Å². The predicted octanol–water partition coefficient (Wildman–Crippen LogP) is -0.767. The first-order valence-electron chi connectivity index (χ1n) is 0.333. The maximum atomic E-state index is 2.92. The van der Waals surface area contributed by atoms with Gasteiger partial charge in [0.05, 0.1) is 0 Å². The van der Waals surface area contributed by atoms with E-state index in [1.54, 1.807) is 0 Å². The summed E-state index contributed by atoms with van der Waals surface area (Å²) in [6.45, 7) is 0. The fourth-order valence-corrected chi connectivity index (χ4v) is 0. The molecule has 0 aliphatic rings. The summed E-state index contributed by atoms with van der Waals surface area (Å²) < 4.78 is 0. The summed E-state index contributed by atoms with van der Waals surface area (Å²) >= 11 is 5.83. The molecule has 0 heterocycles. The molecule has 4 heavy (non-hydrogen) atoms. The van der Waals surface area contributed by atoms with E-state index in [-0.39, 0.29) is 34.3 Å². The third-order valence-corrected chi connectivity index (χ3v) is 0. The van der Waals surface area contributed by atoms with E-state index in [4.69, 9.17) is 0 Å². The summed E-state index contributed by atoms with van der Waals surface area (Å²) in [5.74, 6) is 0. The van der Waals surface area contributed by atoms with Gasteiger partial charge in [-0.05, 0) is 0 Å². The average Bonchev–Trinajstić information content (AvgIpc) is 0.918. The first-order chi connectivity index (χ1) is 1.41. The standard InChI is InChI=1S/Pt.2Se.W. The molecule has 0 aromatic heterocycles. The monoisotopic (exact) mass is 539 g/mol. The molecule has 0 unspecified atom stereocenters. The zero-order valence-corrected chi connectivity index (χ0v) is 10.2. The molecule has 0 aromatic rings. The van der Waals surface area contributed by atoms with Crippen LogP contribution < -0.4 is 0 Å². The van der Waals surface area contributed by atoms with Crippen molar-refractivity contribution in [3.8, 4) is 0 Å². The molecular formula is PtSe2W. The predicted molar refractivity (Wildman–Crippen MR) is 11.5 cm³/mol. The minimum atomic E-state index is -0.000000000000000111. The van der Waals surface area contributed by atoms with Gasteiger partial charge in [0, 0.05) is 21.1 Å². The summed E-state index contributed by atoms with van der Waals surface area (Å²) in [5.41, 5.74) is 0. The molecule has 0 rings (SSSR count). The van der Waals surface area contributed by atoms with Gasteiger partial charge in [0.1, 0.15) is 0 Å². The van der Waals surface area contributed by atoms with Gasteiger partial charge in [0.2, 0.25) is 0 Å². The van der Waals surface area contributed by atoms with Gasteiger partial charge < -0.3 is 0 Å². The summed E-state index contributed by atoms with van der Waals surface area (Å²) in [5, 5.41) is 0. The first kappa shape index (κ1) is 9.65. The van der Waals surface area contributed by atoms with E-state index in [0.717, 1.165) is 0 Å². The second-order valence-corrected chi connectivity index (χ2v) is 15.0. The molecule has 0 aliphatic carbocycles. The fourth-order valence-electron chi connectivity index (χ4n) is 0. The van der Waals surface area contributed by atoms with Crippen LogP contribution in [-0.4, -0.2) is 25.6 Å². The zero-order chi connectivity index (χ0) is 2.71. The molecule has 0 fully saturated rings. The number of hydrogen-bond donors (Lipinski definition) is 0. The molecule has 0 amide bonds. The molecule has 0 nitrogen and oxygen atoms in total. The Kier molecular flexibility index (Phi) is 21.8. The van der Waals surface area contributed by atoms with Crippen molar-refractivity contribution < 1.29 is 34.3 Å². The van der Waals surface area contributed by atoms with Crippen LogP contribution in [0, 0.1) is 0 Å². The van der Waals surface area contributed by atoms with E-state index >= 15 is 0 Å². The van der Waals surface area contributed by atoms with E-state index in [2.05, 4.69) is 25.6 Å². The van der Waals surface area contributed by atoms with Crippen molar-refractivity contribution in [1.29, 1.82) is 0 Å². The van der Waals surface area contributed by atoms with E-state index in [0.29, 0.717) is 0 Å². The number of hydrogen-bond acceptors (Lipinski definition) is 0. The van der Waals surface area contributed by atoms with Crippen LogP contribution in [0.15, 0.2) is 0 Å². The molecule has 0 aromatic carbocycles. The van der Waals surface area contributed by atoms with Crippen molar-refractivity contribution in [3.63, 3.8) is 0 Å². The second-order valence-electron chi connectivity index (χ2n) is 0.0680. The van der Waals surface area contributed by atoms with Crippen molar-refractivity contribution in [3.05, 3.63) is 0 Å². The van der Waals surface area contributed by atoms with Crippen LogP contribution in [0.4, 0.5) is 0 Å². The molecule has 0 atom stereocenters. The molecule has 0 saturated carbocycles. The van der Waals surface area contributed by atoms with Crippen LogP contribution in [-0.2, 0) is 34.3 Å². The van der Waals surface area contributed by atoms with Gasteiger partial charge in [-0.15, -0.1) is 0 Å². The van der Waals surface area contributed by atoms with Crippen LogP contribution in [0.5, 0.6) is 0 Å². The molecule has 0 N–H and O–H groups in total. The Labute approximate surface area is 59.0 Å². The number of rotatable bonds is 0. The molecule has 0 aliphatic heterocycles. The fraction of sp³-hybridized carbons (Fsp3) is 0. The Balaban J connectivity index is 0. The van der Waals surface area contributed by atoms with Crippen LogP contribution in [0.25, 0.3) is 0 Å². The zero-order valence-electron chi connectivity index (χ0n) is 1.54. The molecule has 0 spiro atoms. The maximum absolute atomic E-state index is 2.92. The van der Waals surface area contributed by atoms with E-state index < -0.39 is 0 Å². The molecule has 0 radical (unpaired) electrons. The van der Waals surface area contributed by atoms with Gasteiger partial charge in [-0.25, -0.2) is 0 Å². The topological polar surface area (TPSA) is 0 Å². The van der Waals surface area contributed by atoms with E-state index in [9.17, 15) is 0 Å². The molecule has 0 bridgehead atoms. The van der Waals surface area contributed by atoms with E-state index in [1.165, 1.54) is 0 Å². The summed E-state index contributed by atoms with van der Waals surface area (Å²) in [6.07, 6.45) is 0. The molecular weight excluding hydrogens is 537 g/mol. The van der Waals surface area contributed by atoms with Crippen LogP contribution in [0.2, 0.25) is 0 Å². The van der Waals surface area contributed by atoms with Gasteiger partial charge >= 0.3 is 38.9 Å². The summed E-state index contributed by atoms with van der Waals surface area (Å²) in [6, 6.07) is 0. The molecule has 4 heteroatoms. The molecule has 0 saturated heterocycles. The van der Waals surface area contributed by atoms with Gasteiger partial charge in [-0.2, -0.15) is 0 Å². The van der Waals surface area contributed by atoms with Crippen LogP contribution in [0.3, 0.4) is 0 Å². The average molecular weight is 537 g/mol. The SMILES string of the molecule is [Pt].[Se]=[W]=[Se]. The Morgan fingerprint density at radius 3 is 1.25 bits per heavy atom. The van der Waals surface area contributed by atoms with Crippen LogP contribution in [0.1, 0.15) is 0 Å². The minimum absolute atomic E-state index is 0. The summed E-state index contributed by atoms with van der Waals surface area (Å²) in [4.78, 5) is 0. The van der Waals surface area contributed by atoms with E-state index in [1.807, 2.05) is 0 Å².